The molecule has 140 valence electrons. The first-order valence-electron chi connectivity index (χ1n) is 8.59. The van der Waals surface area contributed by atoms with E-state index in [1.807, 2.05) is 37.3 Å². The van der Waals surface area contributed by atoms with E-state index in [0.717, 1.165) is 30.6 Å². The molecule has 1 aliphatic heterocycles. The Morgan fingerprint density at radius 2 is 2.04 bits per heavy atom. The van der Waals surface area contributed by atoms with Crippen LogP contribution in [0.15, 0.2) is 42.5 Å². The van der Waals surface area contributed by atoms with E-state index in [1.54, 1.807) is 12.1 Å². The highest BCUT2D eigenvalue weighted by Gasteiger charge is 2.17. The summed E-state index contributed by atoms with van der Waals surface area (Å²) in [7, 11) is 0. The molecule has 1 fully saturated rings. The van der Waals surface area contributed by atoms with E-state index < -0.39 is 0 Å². The zero-order valence-corrected chi connectivity index (χ0v) is 15.7. The van der Waals surface area contributed by atoms with Crippen LogP contribution in [0.25, 0.3) is 0 Å². The zero-order chi connectivity index (χ0) is 17.6. The lowest BCUT2D eigenvalue weighted by Gasteiger charge is -2.16. The second-order valence-corrected chi connectivity index (χ2v) is 6.41. The number of nitrogens with two attached hydrogens (primary N) is 1. The molecule has 0 radical (unpaired) electrons. The Morgan fingerprint density at radius 3 is 2.73 bits per heavy atom. The summed E-state index contributed by atoms with van der Waals surface area (Å²) in [5.41, 5.74) is 9.04. The zero-order valence-electron chi connectivity index (χ0n) is 14.9. The van der Waals surface area contributed by atoms with Crippen LogP contribution in [0.1, 0.15) is 24.0 Å². The molecule has 1 aliphatic rings. The Bertz CT molecular complexity index is 728. The lowest BCUT2D eigenvalue weighted by atomic mass is 10.1. The Hall–Kier alpha value is -2.24. The summed E-state index contributed by atoms with van der Waals surface area (Å²) < 4.78 is 11.5. The van der Waals surface area contributed by atoms with Crippen LogP contribution in [-0.4, -0.2) is 25.2 Å². The second kappa shape index (κ2) is 9.46. The van der Waals surface area contributed by atoms with Crippen LogP contribution in [0, 0.1) is 6.92 Å². The second-order valence-electron chi connectivity index (χ2n) is 6.41. The van der Waals surface area contributed by atoms with Gasteiger partial charge in [0.1, 0.15) is 12.4 Å². The fourth-order valence-corrected chi connectivity index (χ4v) is 2.83. The van der Waals surface area contributed by atoms with Crippen LogP contribution in [0.4, 0.5) is 11.4 Å². The van der Waals surface area contributed by atoms with E-state index in [-0.39, 0.29) is 24.4 Å². The third-order valence-electron chi connectivity index (χ3n) is 4.20. The summed E-state index contributed by atoms with van der Waals surface area (Å²) >= 11 is 0. The summed E-state index contributed by atoms with van der Waals surface area (Å²) in [6.45, 7) is 3.30. The number of anilines is 2. The number of hydrogen-bond acceptors (Lipinski definition) is 4. The molecule has 6 heteroatoms. The van der Waals surface area contributed by atoms with Crippen LogP contribution >= 0.6 is 12.4 Å². The smallest absolute Gasteiger partial charge is 0.228 e. The maximum Gasteiger partial charge on any atom is 0.228 e. The van der Waals surface area contributed by atoms with Crippen LogP contribution < -0.4 is 15.8 Å². The van der Waals surface area contributed by atoms with Gasteiger partial charge in [0.15, 0.2) is 0 Å². The van der Waals surface area contributed by atoms with Crippen molar-refractivity contribution in [2.75, 3.05) is 24.3 Å². The average Bonchev–Trinajstić information content (AvgIpc) is 3.10. The highest BCUT2D eigenvalue weighted by atomic mass is 35.5. The molecular weight excluding hydrogens is 352 g/mol. The molecule has 1 heterocycles. The monoisotopic (exact) mass is 376 g/mol. The molecule has 2 aromatic rings. The summed E-state index contributed by atoms with van der Waals surface area (Å²) in [6, 6.07) is 13.1. The molecule has 26 heavy (non-hydrogen) atoms. The van der Waals surface area contributed by atoms with E-state index in [4.69, 9.17) is 15.2 Å². The van der Waals surface area contributed by atoms with E-state index in [9.17, 15) is 4.79 Å². The van der Waals surface area contributed by atoms with Gasteiger partial charge in [-0.15, -0.1) is 12.4 Å². The molecule has 1 saturated heterocycles. The van der Waals surface area contributed by atoms with Gasteiger partial charge in [0, 0.05) is 12.3 Å². The minimum Gasteiger partial charge on any atom is -0.489 e. The first kappa shape index (κ1) is 20.1. The number of aryl methyl sites for hydroxylation is 1. The summed E-state index contributed by atoms with van der Waals surface area (Å²) in [5, 5.41) is 2.94. The molecule has 0 spiro atoms. The van der Waals surface area contributed by atoms with Crippen molar-refractivity contribution in [2.45, 2.75) is 32.3 Å². The minimum absolute atomic E-state index is 0. The third kappa shape index (κ3) is 5.64. The largest absolute Gasteiger partial charge is 0.489 e. The van der Waals surface area contributed by atoms with Gasteiger partial charge in [-0.25, -0.2) is 0 Å². The maximum absolute atomic E-state index is 12.3. The Kier molecular flexibility index (Phi) is 7.30. The van der Waals surface area contributed by atoms with Crippen molar-refractivity contribution in [1.82, 2.24) is 0 Å². The molecule has 1 unspecified atom stereocenters. The van der Waals surface area contributed by atoms with Gasteiger partial charge in [-0.3, -0.25) is 4.79 Å². The third-order valence-corrected chi connectivity index (χ3v) is 4.20. The number of amides is 1. The van der Waals surface area contributed by atoms with Gasteiger partial charge in [0.25, 0.3) is 0 Å². The topological polar surface area (TPSA) is 73.6 Å². The number of ether oxygens (including phenoxy) is 2. The van der Waals surface area contributed by atoms with Crippen LogP contribution in [0.5, 0.6) is 5.75 Å². The van der Waals surface area contributed by atoms with Gasteiger partial charge < -0.3 is 20.5 Å². The Labute approximate surface area is 160 Å². The van der Waals surface area contributed by atoms with Crippen LogP contribution in [0.2, 0.25) is 0 Å². The maximum atomic E-state index is 12.3. The lowest BCUT2D eigenvalue weighted by Crippen LogP contribution is -2.19. The average molecular weight is 377 g/mol. The van der Waals surface area contributed by atoms with Gasteiger partial charge in [0.2, 0.25) is 5.91 Å². The predicted molar refractivity (Wildman–Crippen MR) is 106 cm³/mol. The van der Waals surface area contributed by atoms with Crippen molar-refractivity contribution < 1.29 is 14.3 Å². The van der Waals surface area contributed by atoms with Crippen molar-refractivity contribution in [1.29, 1.82) is 0 Å². The molecule has 0 bridgehead atoms. The van der Waals surface area contributed by atoms with Crippen molar-refractivity contribution in [2.24, 2.45) is 0 Å². The van der Waals surface area contributed by atoms with E-state index in [0.29, 0.717) is 30.2 Å². The summed E-state index contributed by atoms with van der Waals surface area (Å²) in [6.07, 6.45) is 2.52. The SMILES string of the molecule is Cc1ccc(NC(=O)Cc2ccc(N)cc2)c(OCC2CCCO2)c1.Cl. The van der Waals surface area contributed by atoms with Crippen LogP contribution in [-0.2, 0) is 16.0 Å². The molecule has 5 nitrogen and oxygen atoms in total. The highest BCUT2D eigenvalue weighted by molar-refractivity contribution is 5.93. The number of nitrogen functional groups attached to an aromatic ring is 1. The van der Waals surface area contributed by atoms with Crippen molar-refractivity contribution in [3.63, 3.8) is 0 Å². The predicted octanol–water partition coefficient (Wildman–Crippen LogP) is 3.74. The number of carbonyl (C=O) groups excluding carboxylic acids is 1. The molecule has 3 N–H and O–H groups in total. The van der Waals surface area contributed by atoms with Crippen LogP contribution in [0.3, 0.4) is 0 Å². The van der Waals surface area contributed by atoms with Crippen molar-refractivity contribution in [3.05, 3.63) is 53.6 Å². The van der Waals surface area contributed by atoms with Crippen molar-refractivity contribution >= 4 is 29.7 Å². The molecule has 2 aromatic carbocycles. The first-order valence-corrected chi connectivity index (χ1v) is 8.59. The Balaban J connectivity index is 0.00000243. The first-order chi connectivity index (χ1) is 12.1. The number of benzene rings is 2. The molecule has 1 amide bonds. The fraction of sp³-hybridized carbons (Fsp3) is 0.350. The van der Waals surface area contributed by atoms with E-state index >= 15 is 0 Å². The molecular formula is C20H25ClN2O3. The van der Waals surface area contributed by atoms with E-state index in [2.05, 4.69) is 5.32 Å². The number of rotatable bonds is 6. The quantitative estimate of drug-likeness (QED) is 0.753. The highest BCUT2D eigenvalue weighted by Crippen LogP contribution is 2.27. The number of hydrogen-bond donors (Lipinski definition) is 2. The number of nitrogens with one attached hydrogen (secondary N) is 1. The summed E-state index contributed by atoms with van der Waals surface area (Å²) in [5.74, 6) is 0.594. The summed E-state index contributed by atoms with van der Waals surface area (Å²) in [4.78, 5) is 12.3. The van der Waals surface area contributed by atoms with Gasteiger partial charge in [-0.2, -0.15) is 0 Å². The number of halogens is 1. The van der Waals surface area contributed by atoms with E-state index in [1.165, 1.54) is 0 Å². The van der Waals surface area contributed by atoms with Gasteiger partial charge in [-0.05, 0) is 55.2 Å². The van der Waals surface area contributed by atoms with Gasteiger partial charge in [0.05, 0.1) is 18.2 Å². The van der Waals surface area contributed by atoms with Gasteiger partial charge >= 0.3 is 0 Å². The standard InChI is InChI=1S/C20H24N2O3.ClH/c1-14-4-9-18(19(11-14)25-13-17-3-2-10-24-17)22-20(23)12-15-5-7-16(21)8-6-15;/h4-9,11,17H,2-3,10,12-13,21H2,1H3,(H,22,23);1H. The normalized spacial score (nSPS) is 16.0. The molecule has 0 saturated carbocycles. The fourth-order valence-electron chi connectivity index (χ4n) is 2.83. The Morgan fingerprint density at radius 1 is 1.27 bits per heavy atom. The molecule has 0 aliphatic carbocycles. The molecule has 0 aromatic heterocycles. The van der Waals surface area contributed by atoms with Crippen molar-refractivity contribution in [3.8, 4) is 5.75 Å². The minimum atomic E-state index is -0.0874. The molecule has 1 atom stereocenters. The number of carbonyl (C=O) groups is 1. The molecule has 3 rings (SSSR count). The lowest BCUT2D eigenvalue weighted by molar-refractivity contribution is -0.115. The van der Waals surface area contributed by atoms with Gasteiger partial charge in [-0.1, -0.05) is 18.2 Å².